The summed E-state index contributed by atoms with van der Waals surface area (Å²) in [6.45, 7) is 2.06. The van der Waals surface area contributed by atoms with Gasteiger partial charge in [0.15, 0.2) is 0 Å². The zero-order valence-corrected chi connectivity index (χ0v) is 8.16. The smallest absolute Gasteiger partial charge is 0.339 e. The minimum absolute atomic E-state index is 0.765. The van der Waals surface area contributed by atoms with Crippen LogP contribution in [0.1, 0.15) is 0 Å². The lowest BCUT2D eigenvalue weighted by Gasteiger charge is -2.30. The second-order valence-corrected chi connectivity index (χ2v) is 2.92. The molecular formula is C8H8F8O. The summed E-state index contributed by atoms with van der Waals surface area (Å²) in [6.07, 6.45) is -12.0. The summed E-state index contributed by atoms with van der Waals surface area (Å²) in [5.74, 6) is -11.6. The number of ether oxygens (including phenoxy) is 1. The Morgan fingerprint density at radius 3 is 1.82 bits per heavy atom. The second kappa shape index (κ2) is 5.65. The van der Waals surface area contributed by atoms with Gasteiger partial charge in [-0.15, -0.1) is 6.58 Å². The van der Waals surface area contributed by atoms with Crippen molar-refractivity contribution < 1.29 is 39.9 Å². The Morgan fingerprint density at radius 2 is 1.47 bits per heavy atom. The summed E-state index contributed by atoms with van der Waals surface area (Å²) in [7, 11) is 0. The van der Waals surface area contributed by atoms with Gasteiger partial charge in [0, 0.05) is 0 Å². The molecule has 0 N–H and O–H groups in total. The van der Waals surface area contributed by atoms with Crippen molar-refractivity contribution in [2.24, 2.45) is 0 Å². The monoisotopic (exact) mass is 272 g/mol. The van der Waals surface area contributed by atoms with Gasteiger partial charge in [0.2, 0.25) is 6.17 Å². The summed E-state index contributed by atoms with van der Waals surface area (Å²) in [5.41, 5.74) is 0. The van der Waals surface area contributed by atoms with Crippen LogP contribution in [0.15, 0.2) is 12.7 Å². The van der Waals surface area contributed by atoms with E-state index in [2.05, 4.69) is 11.3 Å². The lowest BCUT2D eigenvalue weighted by Crippen LogP contribution is -2.56. The quantitative estimate of drug-likeness (QED) is 0.510. The number of alkyl halides is 8. The van der Waals surface area contributed by atoms with E-state index in [1.54, 1.807) is 0 Å². The minimum Gasteiger partial charge on any atom is -0.339 e. The largest absolute Gasteiger partial charge is 0.367 e. The molecule has 102 valence electrons. The predicted molar refractivity (Wildman–Crippen MR) is 41.8 cm³/mol. The van der Waals surface area contributed by atoms with Crippen molar-refractivity contribution >= 4 is 0 Å². The van der Waals surface area contributed by atoms with Gasteiger partial charge in [0.1, 0.15) is 0 Å². The lowest BCUT2D eigenvalue weighted by atomic mass is 10.1. The summed E-state index contributed by atoms with van der Waals surface area (Å²) in [4.78, 5) is 0. The van der Waals surface area contributed by atoms with Crippen molar-refractivity contribution in [2.75, 3.05) is 6.61 Å². The summed E-state index contributed by atoms with van der Waals surface area (Å²) < 4.78 is 102. The molecule has 0 aliphatic rings. The fourth-order valence-corrected chi connectivity index (χ4v) is 0.751. The van der Waals surface area contributed by atoms with E-state index in [1.165, 1.54) is 0 Å². The first-order chi connectivity index (χ1) is 7.59. The highest BCUT2D eigenvalue weighted by atomic mass is 19.3. The highest BCUT2D eigenvalue weighted by Gasteiger charge is 2.69. The number of hydrogen-bond donors (Lipinski definition) is 0. The minimum atomic E-state index is -5.89. The molecule has 0 heterocycles. The van der Waals surface area contributed by atoms with Crippen LogP contribution in [0.5, 0.6) is 0 Å². The first-order valence-corrected chi connectivity index (χ1v) is 4.13. The zero-order valence-electron chi connectivity index (χ0n) is 8.16. The van der Waals surface area contributed by atoms with Crippen LogP contribution >= 0.6 is 0 Å². The van der Waals surface area contributed by atoms with Crippen LogP contribution in [0.4, 0.5) is 35.1 Å². The second-order valence-electron chi connectivity index (χ2n) is 2.92. The maximum atomic E-state index is 12.7. The Balaban J connectivity index is 4.93. The molecule has 17 heavy (non-hydrogen) atoms. The third kappa shape index (κ3) is 3.30. The molecule has 0 rings (SSSR count). The van der Waals surface area contributed by atoms with E-state index in [9.17, 15) is 35.1 Å². The van der Waals surface area contributed by atoms with E-state index >= 15 is 0 Å². The summed E-state index contributed by atoms with van der Waals surface area (Å²) in [6, 6.07) is 0. The highest BCUT2D eigenvalue weighted by Crippen LogP contribution is 2.43. The van der Waals surface area contributed by atoms with Gasteiger partial charge in [-0.2, -0.15) is 17.6 Å². The standard InChI is InChI=1S/C8H8F8O/c1-2-3-17-6(12)8(15,16)7(13,14)4(9)5(10)11/h2,4-6H,1,3H2. The molecule has 1 nitrogen and oxygen atoms in total. The Labute approximate surface area is 91.0 Å². The molecule has 0 fully saturated rings. The Kier molecular flexibility index (Phi) is 5.37. The van der Waals surface area contributed by atoms with Crippen LogP contribution in [-0.4, -0.2) is 37.4 Å². The van der Waals surface area contributed by atoms with Gasteiger partial charge in [-0.1, -0.05) is 6.08 Å². The van der Waals surface area contributed by atoms with Gasteiger partial charge in [-0.05, 0) is 0 Å². The molecule has 0 spiro atoms. The Hall–Kier alpha value is -0.860. The molecule has 0 bridgehead atoms. The maximum Gasteiger partial charge on any atom is 0.367 e. The molecule has 0 aliphatic carbocycles. The number of rotatable bonds is 7. The first-order valence-electron chi connectivity index (χ1n) is 4.13. The average Bonchev–Trinajstić information content (AvgIpc) is 2.23. The van der Waals surface area contributed by atoms with Gasteiger partial charge >= 0.3 is 11.8 Å². The maximum absolute atomic E-state index is 12.7. The van der Waals surface area contributed by atoms with Crippen molar-refractivity contribution in [2.45, 2.75) is 30.8 Å². The van der Waals surface area contributed by atoms with Crippen molar-refractivity contribution in [1.82, 2.24) is 0 Å². The molecule has 9 heteroatoms. The molecule has 2 unspecified atom stereocenters. The third-order valence-electron chi connectivity index (χ3n) is 1.66. The molecule has 0 aromatic heterocycles. The molecule has 0 saturated carbocycles. The first kappa shape index (κ1) is 16.1. The van der Waals surface area contributed by atoms with E-state index in [0.29, 0.717) is 0 Å². The molecule has 0 aromatic carbocycles. The van der Waals surface area contributed by atoms with Crippen LogP contribution in [-0.2, 0) is 4.74 Å². The van der Waals surface area contributed by atoms with Gasteiger partial charge in [0.05, 0.1) is 6.61 Å². The van der Waals surface area contributed by atoms with Crippen LogP contribution in [0.3, 0.4) is 0 Å². The molecule has 0 aromatic rings. The van der Waals surface area contributed by atoms with E-state index in [1.807, 2.05) is 0 Å². The van der Waals surface area contributed by atoms with Crippen LogP contribution in [0.25, 0.3) is 0 Å². The average molecular weight is 272 g/mol. The van der Waals surface area contributed by atoms with E-state index in [-0.39, 0.29) is 0 Å². The van der Waals surface area contributed by atoms with Crippen LogP contribution in [0, 0.1) is 0 Å². The van der Waals surface area contributed by atoms with Crippen molar-refractivity contribution in [3.05, 3.63) is 12.7 Å². The normalized spacial score (nSPS) is 17.0. The van der Waals surface area contributed by atoms with Gasteiger partial charge in [-0.3, -0.25) is 0 Å². The molecule has 0 saturated heterocycles. The van der Waals surface area contributed by atoms with Gasteiger partial charge in [0.25, 0.3) is 12.8 Å². The highest BCUT2D eigenvalue weighted by molar-refractivity contribution is 4.94. The summed E-state index contributed by atoms with van der Waals surface area (Å²) >= 11 is 0. The SMILES string of the molecule is C=CCOC(F)C(F)(F)C(F)(F)C(F)C(F)F. The van der Waals surface area contributed by atoms with Gasteiger partial charge < -0.3 is 4.74 Å². The fourth-order valence-electron chi connectivity index (χ4n) is 0.751. The molecular weight excluding hydrogens is 264 g/mol. The zero-order chi connectivity index (χ0) is 13.9. The number of halogens is 8. The fraction of sp³-hybridized carbons (Fsp3) is 0.750. The molecule has 2 atom stereocenters. The van der Waals surface area contributed by atoms with Crippen LogP contribution in [0.2, 0.25) is 0 Å². The molecule has 0 radical (unpaired) electrons. The van der Waals surface area contributed by atoms with E-state index in [0.717, 1.165) is 6.08 Å². The van der Waals surface area contributed by atoms with Crippen molar-refractivity contribution in [1.29, 1.82) is 0 Å². The number of hydrogen-bond acceptors (Lipinski definition) is 1. The van der Waals surface area contributed by atoms with Gasteiger partial charge in [-0.25, -0.2) is 17.6 Å². The predicted octanol–water partition coefficient (Wildman–Crippen LogP) is 3.36. The van der Waals surface area contributed by atoms with Crippen molar-refractivity contribution in [3.63, 3.8) is 0 Å². The van der Waals surface area contributed by atoms with Crippen molar-refractivity contribution in [3.8, 4) is 0 Å². The van der Waals surface area contributed by atoms with E-state index in [4.69, 9.17) is 0 Å². The topological polar surface area (TPSA) is 9.23 Å². The molecule has 0 amide bonds. The Bertz CT molecular complexity index is 254. The Morgan fingerprint density at radius 1 is 1.00 bits per heavy atom. The van der Waals surface area contributed by atoms with Crippen LogP contribution < -0.4 is 0 Å². The third-order valence-corrected chi connectivity index (χ3v) is 1.66. The van der Waals surface area contributed by atoms with E-state index < -0.39 is 37.4 Å². The molecule has 0 aliphatic heterocycles. The summed E-state index contributed by atoms with van der Waals surface area (Å²) in [5, 5.41) is 0. The lowest BCUT2D eigenvalue weighted by molar-refractivity contribution is -0.318.